The van der Waals surface area contributed by atoms with Gasteiger partial charge in [0.15, 0.2) is 0 Å². The molecule has 6 amide bonds. The summed E-state index contributed by atoms with van der Waals surface area (Å²) in [6.07, 6.45) is 0.0550. The normalized spacial score (nSPS) is 11.4. The fraction of sp³-hybridized carbons (Fsp3) is 0.625. The van der Waals surface area contributed by atoms with Crippen LogP contribution < -0.4 is 9.80 Å². The van der Waals surface area contributed by atoms with Gasteiger partial charge in [0.05, 0.1) is 83.9 Å². The molecule has 0 spiro atoms. The predicted molar refractivity (Wildman–Crippen MR) is 259 cm³/mol. The summed E-state index contributed by atoms with van der Waals surface area (Å²) in [4.78, 5) is 93.0. The Balaban J connectivity index is 3.24. The zero-order valence-corrected chi connectivity index (χ0v) is 42.0. The molecule has 0 aliphatic rings. The number of hydrogen-bond acceptors (Lipinski definition) is 16. The molecule has 0 radical (unpaired) electrons. The average Bonchev–Trinajstić information content (AvgIpc) is 3.31. The van der Waals surface area contributed by atoms with E-state index in [1.165, 1.54) is 27.7 Å². The van der Waals surface area contributed by atoms with Gasteiger partial charge in [0.25, 0.3) is 23.6 Å². The van der Waals surface area contributed by atoms with Crippen molar-refractivity contribution in [2.75, 3.05) is 135 Å². The predicted octanol–water partition coefficient (Wildman–Crippen LogP) is -2.12. The molecule has 0 heterocycles. The Morgan fingerprint density at radius 3 is 0.814 bits per heavy atom. The van der Waals surface area contributed by atoms with E-state index in [2.05, 4.69) is 0 Å². The van der Waals surface area contributed by atoms with Crippen LogP contribution in [0.5, 0.6) is 0 Å². The van der Waals surface area contributed by atoms with Crippen LogP contribution in [0, 0.1) is 27.7 Å². The van der Waals surface area contributed by atoms with E-state index in [-0.39, 0.29) is 132 Å². The zero-order chi connectivity index (χ0) is 53.2. The molecule has 70 heavy (non-hydrogen) atoms. The Morgan fingerprint density at radius 2 is 0.629 bits per heavy atom. The first kappa shape index (κ1) is 61.0. The van der Waals surface area contributed by atoms with Crippen LogP contribution in [0.4, 0.5) is 11.4 Å². The molecule has 2 aromatic rings. The van der Waals surface area contributed by atoms with Crippen LogP contribution in [-0.2, 0) is 22.4 Å². The van der Waals surface area contributed by atoms with Gasteiger partial charge in [0, 0.05) is 88.5 Å². The lowest BCUT2D eigenvalue weighted by Gasteiger charge is -2.40. The number of aliphatic hydroxyl groups excluding tert-OH is 9. The fourth-order valence-electron chi connectivity index (χ4n) is 9.12. The third kappa shape index (κ3) is 13.8. The minimum atomic E-state index is -2.48. The lowest BCUT2D eigenvalue weighted by Crippen LogP contribution is -2.56. The molecule has 0 aliphatic carbocycles. The first-order valence-corrected chi connectivity index (χ1v) is 23.4. The van der Waals surface area contributed by atoms with Gasteiger partial charge in [-0.15, -0.1) is 0 Å². The lowest BCUT2D eigenvalue weighted by molar-refractivity contribution is -0.118. The van der Waals surface area contributed by atoms with E-state index in [1.807, 2.05) is 0 Å². The topological polar surface area (TPSA) is 324 Å². The van der Waals surface area contributed by atoms with Crippen molar-refractivity contribution in [1.29, 1.82) is 0 Å². The number of hydrogen-bond donors (Lipinski definition) is 10. The van der Waals surface area contributed by atoms with Gasteiger partial charge < -0.3 is 80.5 Å². The molecule has 2 aromatic carbocycles. The summed E-state index contributed by atoms with van der Waals surface area (Å²) in [5.74, 6) is -4.43. The van der Waals surface area contributed by atoms with Gasteiger partial charge in [-0.05, 0) is 73.9 Å². The minimum absolute atomic E-state index is 0.0275. The third-order valence-corrected chi connectivity index (χ3v) is 12.3. The van der Waals surface area contributed by atoms with Crippen molar-refractivity contribution in [3.63, 3.8) is 0 Å². The van der Waals surface area contributed by atoms with E-state index >= 15 is 0 Å². The highest BCUT2D eigenvalue weighted by molar-refractivity contribution is 6.10. The molecule has 10 N–H and O–H groups in total. The Bertz CT molecular complexity index is 1980. The van der Waals surface area contributed by atoms with Crippen molar-refractivity contribution in [1.82, 2.24) is 19.6 Å². The molecule has 0 saturated carbocycles. The summed E-state index contributed by atoms with van der Waals surface area (Å²) in [7, 11) is 0. The highest BCUT2D eigenvalue weighted by Crippen LogP contribution is 2.40. The Hall–Kier alpha value is -5.14. The molecule has 0 atom stereocenters. The monoisotopic (exact) mass is 993 g/mol. The van der Waals surface area contributed by atoms with Gasteiger partial charge in [-0.3, -0.25) is 28.8 Å². The minimum Gasteiger partial charge on any atom is -0.395 e. The maximum atomic E-state index is 14.6. The average molecular weight is 993 g/mol. The number of carbonyl (C=O) groups is 6. The van der Waals surface area contributed by atoms with Gasteiger partial charge in [0.1, 0.15) is 5.60 Å². The second kappa shape index (κ2) is 28.6. The van der Waals surface area contributed by atoms with Gasteiger partial charge in [-0.1, -0.05) is 13.8 Å². The summed E-state index contributed by atoms with van der Waals surface area (Å²) < 4.78 is 0. The summed E-state index contributed by atoms with van der Waals surface area (Å²) >= 11 is 0. The van der Waals surface area contributed by atoms with E-state index in [1.54, 1.807) is 13.8 Å². The first-order chi connectivity index (χ1) is 33.2. The molecule has 0 fully saturated rings. The van der Waals surface area contributed by atoms with Crippen LogP contribution in [0.2, 0.25) is 0 Å². The van der Waals surface area contributed by atoms with E-state index in [0.717, 1.165) is 43.2 Å². The smallest absolute Gasteiger partial charge is 0.254 e. The van der Waals surface area contributed by atoms with E-state index < -0.39 is 114 Å². The SMILES string of the molecule is CCc1c(C(=O)N(CCO)CCO)c(C)c(C(=O)N(CCO)CCO)c(C)c1N(CC(O)(CO)CN(C(C)=O)c1c(C)c(C(=O)N(CCO)CCO)c(C)c(C(=O)N(CCO)CCO)c1CC)C(C)=O. The maximum Gasteiger partial charge on any atom is 0.254 e. The second-order valence-electron chi connectivity index (χ2n) is 16.9. The van der Waals surface area contributed by atoms with Crippen LogP contribution in [0.3, 0.4) is 0 Å². The molecule has 0 bridgehead atoms. The Kier molecular flexibility index (Phi) is 25.0. The molecule has 0 unspecified atom stereocenters. The standard InChI is InChI=1S/C48H76N6O16/c1-9-36-40(46(68)51(15-23-59)16-24-60)30(3)38(44(66)49(11-19-55)12-20-56)32(5)42(36)53(34(7)64)27-48(70,29-63)28-54(35(8)65)43-33(6)39(45(67)50(13-21-57)14-22-58)31(4)41(37(43)10-2)47(69)52(17-25-61)18-26-62/h55-63,70H,9-29H2,1-8H3. The third-order valence-electron chi connectivity index (χ3n) is 12.3. The Morgan fingerprint density at radius 1 is 0.400 bits per heavy atom. The van der Waals surface area contributed by atoms with Crippen molar-refractivity contribution in [2.45, 2.75) is 73.8 Å². The summed E-state index contributed by atoms with van der Waals surface area (Å²) in [6, 6.07) is 0. The molecule has 394 valence electrons. The molecule has 0 saturated heterocycles. The van der Waals surface area contributed by atoms with E-state index in [0.29, 0.717) is 0 Å². The zero-order valence-electron chi connectivity index (χ0n) is 42.0. The number of anilines is 2. The highest BCUT2D eigenvalue weighted by atomic mass is 16.3. The molecule has 0 aromatic heterocycles. The molecule has 22 heteroatoms. The van der Waals surface area contributed by atoms with Gasteiger partial charge in [0.2, 0.25) is 11.8 Å². The van der Waals surface area contributed by atoms with Crippen LogP contribution >= 0.6 is 0 Å². The van der Waals surface area contributed by atoms with Gasteiger partial charge >= 0.3 is 0 Å². The molecular formula is C48H76N6O16. The molecular weight excluding hydrogens is 917 g/mol. The number of benzene rings is 2. The fourth-order valence-corrected chi connectivity index (χ4v) is 9.12. The number of carbonyl (C=O) groups excluding carboxylic acids is 6. The quantitative estimate of drug-likeness (QED) is 0.0417. The van der Waals surface area contributed by atoms with Crippen LogP contribution in [0.25, 0.3) is 0 Å². The Labute approximate surface area is 409 Å². The number of rotatable bonds is 29. The lowest BCUT2D eigenvalue weighted by atomic mass is 9.86. The van der Waals surface area contributed by atoms with E-state index in [4.69, 9.17) is 0 Å². The van der Waals surface area contributed by atoms with Crippen LogP contribution in [-0.4, -0.2) is 237 Å². The van der Waals surface area contributed by atoms with Crippen molar-refractivity contribution >= 4 is 46.8 Å². The van der Waals surface area contributed by atoms with Crippen molar-refractivity contribution in [3.05, 3.63) is 55.6 Å². The summed E-state index contributed by atoms with van der Waals surface area (Å²) in [5.41, 5.74) is -1.94. The van der Waals surface area contributed by atoms with Crippen molar-refractivity contribution in [3.8, 4) is 0 Å². The van der Waals surface area contributed by atoms with Gasteiger partial charge in [-0.25, -0.2) is 0 Å². The molecule has 0 aliphatic heterocycles. The van der Waals surface area contributed by atoms with Crippen molar-refractivity contribution in [2.24, 2.45) is 0 Å². The largest absolute Gasteiger partial charge is 0.395 e. The maximum absolute atomic E-state index is 14.6. The molecule has 2 rings (SSSR count). The van der Waals surface area contributed by atoms with E-state index in [9.17, 15) is 79.8 Å². The van der Waals surface area contributed by atoms with Crippen molar-refractivity contribution < 1.29 is 79.8 Å². The second-order valence-corrected chi connectivity index (χ2v) is 16.9. The van der Waals surface area contributed by atoms with Crippen LogP contribution in [0.15, 0.2) is 0 Å². The number of nitrogens with zero attached hydrogens (tertiary/aromatic N) is 6. The molecule has 22 nitrogen and oxygen atoms in total. The highest BCUT2D eigenvalue weighted by Gasteiger charge is 2.41. The first-order valence-electron chi connectivity index (χ1n) is 23.4. The summed E-state index contributed by atoms with van der Waals surface area (Å²) in [6.45, 7) is 3.13. The number of amides is 6. The number of aliphatic hydroxyl groups is 10. The van der Waals surface area contributed by atoms with Crippen LogP contribution in [0.1, 0.15) is 103 Å². The summed E-state index contributed by atoms with van der Waals surface area (Å²) in [5, 5.41) is 103. The van der Waals surface area contributed by atoms with Gasteiger partial charge in [-0.2, -0.15) is 0 Å².